The summed E-state index contributed by atoms with van der Waals surface area (Å²) in [4.78, 5) is 0. The molecule has 0 aliphatic carbocycles. The first kappa shape index (κ1) is 10.4. The van der Waals surface area contributed by atoms with Crippen molar-refractivity contribution in [1.29, 1.82) is 0 Å². The van der Waals surface area contributed by atoms with Crippen LogP contribution in [0, 0.1) is 5.92 Å². The Labute approximate surface area is 80.7 Å². The van der Waals surface area contributed by atoms with E-state index in [1.165, 1.54) is 50.3 Å². The van der Waals surface area contributed by atoms with Gasteiger partial charge in [-0.1, -0.05) is 13.3 Å². The molecule has 1 saturated heterocycles. The van der Waals surface area contributed by atoms with Crippen LogP contribution in [0.5, 0.6) is 0 Å². The third-order valence-corrected chi connectivity index (χ3v) is 3.68. The van der Waals surface area contributed by atoms with Crippen LogP contribution in [0.1, 0.15) is 32.6 Å². The second kappa shape index (κ2) is 6.79. The summed E-state index contributed by atoms with van der Waals surface area (Å²) in [5.74, 6) is 3.71. The second-order valence-corrected chi connectivity index (χ2v) is 4.79. The van der Waals surface area contributed by atoms with Crippen LogP contribution >= 0.6 is 11.8 Å². The first-order valence-electron chi connectivity index (χ1n) is 5.22. The fourth-order valence-corrected chi connectivity index (χ4v) is 2.84. The van der Waals surface area contributed by atoms with Crippen molar-refractivity contribution in [3.05, 3.63) is 0 Å². The third-order valence-electron chi connectivity index (χ3n) is 2.39. The topological polar surface area (TPSA) is 12.0 Å². The maximum Gasteiger partial charge on any atom is -0.00126 e. The summed E-state index contributed by atoms with van der Waals surface area (Å²) in [7, 11) is 0. The molecule has 1 rings (SSSR count). The molecule has 1 aliphatic heterocycles. The van der Waals surface area contributed by atoms with Crippen LogP contribution in [0.2, 0.25) is 0 Å². The predicted octanol–water partition coefficient (Wildman–Crippen LogP) is 2.52. The molecule has 0 aromatic heterocycles. The molecule has 2 heteroatoms. The molecular formula is C10H21NS. The molecule has 0 bridgehead atoms. The van der Waals surface area contributed by atoms with E-state index in [0.29, 0.717) is 0 Å². The van der Waals surface area contributed by atoms with Gasteiger partial charge in [0.05, 0.1) is 0 Å². The lowest BCUT2D eigenvalue weighted by atomic mass is 10.0. The molecule has 1 atom stereocenters. The van der Waals surface area contributed by atoms with E-state index in [4.69, 9.17) is 0 Å². The summed E-state index contributed by atoms with van der Waals surface area (Å²) in [6.45, 7) is 4.78. The summed E-state index contributed by atoms with van der Waals surface area (Å²) in [5.41, 5.74) is 0. The maximum absolute atomic E-state index is 3.46. The predicted molar refractivity (Wildman–Crippen MR) is 57.8 cm³/mol. The Bertz CT molecular complexity index is 100. The Hall–Kier alpha value is 0.310. The van der Waals surface area contributed by atoms with E-state index in [0.717, 1.165) is 5.92 Å². The number of unbranched alkanes of at least 4 members (excludes halogenated alkanes) is 1. The van der Waals surface area contributed by atoms with Gasteiger partial charge in [0.15, 0.2) is 0 Å². The quantitative estimate of drug-likeness (QED) is 0.664. The molecule has 1 aliphatic rings. The normalized spacial score (nSPS) is 24.2. The zero-order chi connectivity index (χ0) is 8.65. The summed E-state index contributed by atoms with van der Waals surface area (Å²) in [6, 6.07) is 0. The van der Waals surface area contributed by atoms with Crippen molar-refractivity contribution >= 4 is 11.8 Å². The van der Waals surface area contributed by atoms with Gasteiger partial charge >= 0.3 is 0 Å². The summed E-state index contributed by atoms with van der Waals surface area (Å²) >= 11 is 2.14. The number of hydrogen-bond donors (Lipinski definition) is 1. The van der Waals surface area contributed by atoms with E-state index < -0.39 is 0 Å². The number of nitrogens with one attached hydrogen (secondary N) is 1. The molecule has 0 radical (unpaired) electrons. The van der Waals surface area contributed by atoms with Crippen molar-refractivity contribution < 1.29 is 0 Å². The van der Waals surface area contributed by atoms with Crippen LogP contribution in [0.25, 0.3) is 0 Å². The molecule has 0 aromatic rings. The number of hydrogen-bond acceptors (Lipinski definition) is 2. The van der Waals surface area contributed by atoms with Gasteiger partial charge in [-0.15, -0.1) is 0 Å². The van der Waals surface area contributed by atoms with Crippen LogP contribution in [-0.2, 0) is 0 Å². The highest BCUT2D eigenvalue weighted by molar-refractivity contribution is 7.99. The van der Waals surface area contributed by atoms with Gasteiger partial charge in [-0.25, -0.2) is 0 Å². The fraction of sp³-hybridized carbons (Fsp3) is 1.00. The van der Waals surface area contributed by atoms with Crippen molar-refractivity contribution in [2.24, 2.45) is 5.92 Å². The minimum Gasteiger partial charge on any atom is -0.316 e. The van der Waals surface area contributed by atoms with Crippen LogP contribution in [0.4, 0.5) is 0 Å². The monoisotopic (exact) mass is 187 g/mol. The van der Waals surface area contributed by atoms with E-state index in [1.54, 1.807) is 0 Å². The molecule has 1 fully saturated rings. The smallest absolute Gasteiger partial charge is 0.00126 e. The van der Waals surface area contributed by atoms with Crippen LogP contribution in [-0.4, -0.2) is 24.6 Å². The van der Waals surface area contributed by atoms with E-state index >= 15 is 0 Å². The number of thioether (sulfide) groups is 1. The van der Waals surface area contributed by atoms with Crippen molar-refractivity contribution in [3.8, 4) is 0 Å². The molecule has 1 nitrogen and oxygen atoms in total. The van der Waals surface area contributed by atoms with Gasteiger partial charge < -0.3 is 5.32 Å². The van der Waals surface area contributed by atoms with Gasteiger partial charge in [-0.3, -0.25) is 0 Å². The number of piperidine rings is 1. The summed E-state index contributed by atoms with van der Waals surface area (Å²) < 4.78 is 0. The Morgan fingerprint density at radius 2 is 2.42 bits per heavy atom. The highest BCUT2D eigenvalue weighted by Gasteiger charge is 2.11. The molecule has 0 amide bonds. The number of rotatable bonds is 5. The molecule has 72 valence electrons. The van der Waals surface area contributed by atoms with Crippen LogP contribution < -0.4 is 5.32 Å². The fourth-order valence-electron chi connectivity index (χ4n) is 1.56. The highest BCUT2D eigenvalue weighted by atomic mass is 32.2. The maximum atomic E-state index is 3.46. The molecule has 1 unspecified atom stereocenters. The van der Waals surface area contributed by atoms with E-state index in [2.05, 4.69) is 24.0 Å². The van der Waals surface area contributed by atoms with Crippen LogP contribution in [0.15, 0.2) is 0 Å². The first-order chi connectivity index (χ1) is 5.93. The van der Waals surface area contributed by atoms with Gasteiger partial charge in [-0.05, 0) is 49.8 Å². The molecular weight excluding hydrogens is 166 g/mol. The zero-order valence-corrected chi connectivity index (χ0v) is 8.96. The van der Waals surface area contributed by atoms with Crippen molar-refractivity contribution in [2.45, 2.75) is 32.6 Å². The third kappa shape index (κ3) is 4.36. The molecule has 0 spiro atoms. The zero-order valence-electron chi connectivity index (χ0n) is 8.14. The van der Waals surface area contributed by atoms with E-state index in [9.17, 15) is 0 Å². The summed E-state index contributed by atoms with van der Waals surface area (Å²) in [6.07, 6.45) is 5.58. The standard InChI is InChI=1S/C10H21NS/c1-2-3-7-12-9-10-5-4-6-11-8-10/h10-11H,2-9H2,1H3. The Balaban J connectivity index is 1.91. The lowest BCUT2D eigenvalue weighted by Crippen LogP contribution is -2.30. The largest absolute Gasteiger partial charge is 0.316 e. The van der Waals surface area contributed by atoms with E-state index in [-0.39, 0.29) is 0 Å². The van der Waals surface area contributed by atoms with Crippen molar-refractivity contribution in [2.75, 3.05) is 24.6 Å². The Kier molecular flexibility index (Phi) is 5.88. The minimum atomic E-state index is 0.959. The Morgan fingerprint density at radius 1 is 1.50 bits per heavy atom. The first-order valence-corrected chi connectivity index (χ1v) is 6.37. The van der Waals surface area contributed by atoms with Gasteiger partial charge in [0.1, 0.15) is 0 Å². The second-order valence-electron chi connectivity index (χ2n) is 3.64. The molecule has 1 heterocycles. The van der Waals surface area contributed by atoms with Crippen molar-refractivity contribution in [3.63, 3.8) is 0 Å². The SMILES string of the molecule is CCCCSCC1CCCNC1. The summed E-state index contributed by atoms with van der Waals surface area (Å²) in [5, 5.41) is 3.46. The van der Waals surface area contributed by atoms with Gasteiger partial charge in [0, 0.05) is 0 Å². The minimum absolute atomic E-state index is 0.959. The van der Waals surface area contributed by atoms with Gasteiger partial charge in [-0.2, -0.15) is 11.8 Å². The average Bonchev–Trinajstić information content (AvgIpc) is 2.14. The van der Waals surface area contributed by atoms with E-state index in [1.807, 2.05) is 0 Å². The average molecular weight is 187 g/mol. The van der Waals surface area contributed by atoms with Crippen LogP contribution in [0.3, 0.4) is 0 Å². The lowest BCUT2D eigenvalue weighted by Gasteiger charge is -2.22. The molecule has 0 aromatic carbocycles. The Morgan fingerprint density at radius 3 is 3.08 bits per heavy atom. The molecule has 0 saturated carbocycles. The van der Waals surface area contributed by atoms with Gasteiger partial charge in [0.25, 0.3) is 0 Å². The molecule has 1 N–H and O–H groups in total. The highest BCUT2D eigenvalue weighted by Crippen LogP contribution is 2.16. The molecule has 12 heavy (non-hydrogen) atoms. The lowest BCUT2D eigenvalue weighted by molar-refractivity contribution is 0.410. The van der Waals surface area contributed by atoms with Gasteiger partial charge in [0.2, 0.25) is 0 Å². The van der Waals surface area contributed by atoms with Crippen molar-refractivity contribution in [1.82, 2.24) is 5.32 Å².